The van der Waals surface area contributed by atoms with Crippen LogP contribution in [0.5, 0.6) is 5.75 Å². The average molecular weight is 367 g/mol. The van der Waals surface area contributed by atoms with Gasteiger partial charge in [0.1, 0.15) is 0 Å². The Hall–Kier alpha value is -1.75. The van der Waals surface area contributed by atoms with E-state index >= 15 is 0 Å². The zero-order valence-electron chi connectivity index (χ0n) is 13.7. The smallest absolute Gasteiger partial charge is 0.251 e. The van der Waals surface area contributed by atoms with Crippen LogP contribution >= 0.6 is 23.2 Å². The van der Waals surface area contributed by atoms with Crippen molar-refractivity contribution in [2.75, 3.05) is 27.2 Å². The van der Waals surface area contributed by atoms with E-state index < -0.39 is 0 Å². The number of hydrogen-bond donors (Lipinski definition) is 1. The lowest BCUT2D eigenvalue weighted by molar-refractivity contribution is 0.0949. The molecule has 0 atom stereocenters. The number of nitrogens with zero attached hydrogens (tertiary/aromatic N) is 1. The van der Waals surface area contributed by atoms with E-state index in [9.17, 15) is 4.79 Å². The number of ether oxygens (including phenoxy) is 1. The molecule has 4 nitrogen and oxygen atoms in total. The Kier molecular flexibility index (Phi) is 6.91. The topological polar surface area (TPSA) is 41.6 Å². The van der Waals surface area contributed by atoms with Gasteiger partial charge in [-0.3, -0.25) is 4.79 Å². The van der Waals surface area contributed by atoms with E-state index in [4.69, 9.17) is 27.9 Å². The molecule has 0 aromatic heterocycles. The molecule has 2 aromatic carbocycles. The number of carbonyl (C=O) groups excluding carboxylic acids is 1. The molecule has 1 N–H and O–H groups in total. The number of likely N-dealkylation sites (N-methyl/N-ethyl adjacent to an activating group) is 1. The summed E-state index contributed by atoms with van der Waals surface area (Å²) in [7, 11) is 3.50. The lowest BCUT2D eigenvalue weighted by atomic mass is 10.2. The molecule has 0 saturated heterocycles. The largest absolute Gasteiger partial charge is 0.494 e. The van der Waals surface area contributed by atoms with Crippen molar-refractivity contribution < 1.29 is 9.53 Å². The summed E-state index contributed by atoms with van der Waals surface area (Å²) in [4.78, 5) is 14.3. The van der Waals surface area contributed by atoms with Gasteiger partial charge in [0.05, 0.1) is 17.2 Å². The predicted molar refractivity (Wildman–Crippen MR) is 98.1 cm³/mol. The maximum atomic E-state index is 12.2. The first-order valence-corrected chi connectivity index (χ1v) is 8.30. The van der Waals surface area contributed by atoms with E-state index in [0.29, 0.717) is 27.9 Å². The second-order valence-electron chi connectivity index (χ2n) is 5.45. The number of benzene rings is 2. The van der Waals surface area contributed by atoms with Crippen LogP contribution in [0.3, 0.4) is 0 Å². The van der Waals surface area contributed by atoms with E-state index in [1.165, 1.54) is 12.7 Å². The van der Waals surface area contributed by atoms with Gasteiger partial charge in [0.2, 0.25) is 0 Å². The van der Waals surface area contributed by atoms with Gasteiger partial charge in [-0.2, -0.15) is 0 Å². The zero-order chi connectivity index (χ0) is 17.5. The molecule has 128 valence electrons. The second-order valence-corrected chi connectivity index (χ2v) is 6.27. The third-order valence-corrected chi connectivity index (χ3v) is 4.10. The molecule has 1 amide bonds. The van der Waals surface area contributed by atoms with Crippen LogP contribution in [0.15, 0.2) is 42.5 Å². The summed E-state index contributed by atoms with van der Waals surface area (Å²) >= 11 is 12.1. The van der Waals surface area contributed by atoms with E-state index in [1.807, 2.05) is 25.2 Å². The van der Waals surface area contributed by atoms with Crippen molar-refractivity contribution in [1.82, 2.24) is 10.2 Å². The van der Waals surface area contributed by atoms with Crippen LogP contribution in [0.4, 0.5) is 0 Å². The number of amides is 1. The number of carbonyl (C=O) groups is 1. The molecule has 0 saturated carbocycles. The van der Waals surface area contributed by atoms with Crippen molar-refractivity contribution in [3.8, 4) is 5.75 Å². The minimum Gasteiger partial charge on any atom is -0.494 e. The molecule has 0 bridgehead atoms. The fraction of sp³-hybridized carbons (Fsp3) is 0.278. The Labute approximate surface area is 152 Å². The third kappa shape index (κ3) is 5.13. The molecule has 24 heavy (non-hydrogen) atoms. The van der Waals surface area contributed by atoms with Gasteiger partial charge in [-0.1, -0.05) is 53.5 Å². The standard InChI is InChI=1S/C18H20Cl2N2O2/c1-22(12-13-6-4-3-5-7-13)9-8-21-18(23)14-10-15(19)17(24-2)16(20)11-14/h3-7,10-11H,8-9,12H2,1-2H3,(H,21,23). The summed E-state index contributed by atoms with van der Waals surface area (Å²) < 4.78 is 5.08. The van der Waals surface area contributed by atoms with Gasteiger partial charge in [-0.05, 0) is 24.7 Å². The highest BCUT2D eigenvalue weighted by Gasteiger charge is 2.13. The quantitative estimate of drug-likeness (QED) is 0.808. The molecule has 0 fully saturated rings. The molecule has 0 aliphatic rings. The molecule has 6 heteroatoms. The number of methoxy groups -OCH3 is 1. The van der Waals surface area contributed by atoms with E-state index in [1.54, 1.807) is 12.1 Å². The molecule has 2 rings (SSSR count). The minimum absolute atomic E-state index is 0.213. The van der Waals surface area contributed by atoms with Crippen molar-refractivity contribution >= 4 is 29.1 Å². The fourth-order valence-corrected chi connectivity index (χ4v) is 2.96. The van der Waals surface area contributed by atoms with Crippen molar-refractivity contribution in [1.29, 1.82) is 0 Å². The van der Waals surface area contributed by atoms with E-state index in [2.05, 4.69) is 22.3 Å². The molecule has 0 unspecified atom stereocenters. The highest BCUT2D eigenvalue weighted by Crippen LogP contribution is 2.33. The Bertz CT molecular complexity index is 670. The van der Waals surface area contributed by atoms with Crippen molar-refractivity contribution in [3.05, 3.63) is 63.6 Å². The second kappa shape index (κ2) is 8.92. The lowest BCUT2D eigenvalue weighted by Gasteiger charge is -2.17. The first-order valence-electron chi connectivity index (χ1n) is 7.55. The van der Waals surface area contributed by atoms with Crippen LogP contribution in [0.25, 0.3) is 0 Å². The summed E-state index contributed by atoms with van der Waals surface area (Å²) in [5.41, 5.74) is 1.65. The van der Waals surface area contributed by atoms with Gasteiger partial charge < -0.3 is 15.0 Å². The summed E-state index contributed by atoms with van der Waals surface area (Å²) in [6.07, 6.45) is 0. The molecule has 0 spiro atoms. The van der Waals surface area contributed by atoms with Gasteiger partial charge in [-0.15, -0.1) is 0 Å². The van der Waals surface area contributed by atoms with E-state index in [-0.39, 0.29) is 5.91 Å². The van der Waals surface area contributed by atoms with Crippen LogP contribution < -0.4 is 10.1 Å². The van der Waals surface area contributed by atoms with Gasteiger partial charge >= 0.3 is 0 Å². The molecule has 0 aliphatic heterocycles. The van der Waals surface area contributed by atoms with Crippen molar-refractivity contribution in [2.24, 2.45) is 0 Å². The normalized spacial score (nSPS) is 10.7. The summed E-state index contributed by atoms with van der Waals surface area (Å²) in [6, 6.07) is 13.3. The number of rotatable bonds is 7. The molecule has 0 heterocycles. The Morgan fingerprint density at radius 2 is 1.79 bits per heavy atom. The summed E-state index contributed by atoms with van der Waals surface area (Å²) in [6.45, 7) is 2.10. The summed E-state index contributed by atoms with van der Waals surface area (Å²) in [5.74, 6) is 0.159. The van der Waals surface area contributed by atoms with Crippen LogP contribution in [-0.2, 0) is 6.54 Å². The van der Waals surface area contributed by atoms with Crippen molar-refractivity contribution in [3.63, 3.8) is 0 Å². The molecular formula is C18H20Cl2N2O2. The van der Waals surface area contributed by atoms with Gasteiger partial charge in [0, 0.05) is 25.2 Å². The monoisotopic (exact) mass is 366 g/mol. The Morgan fingerprint density at radius 3 is 2.38 bits per heavy atom. The van der Waals surface area contributed by atoms with Gasteiger partial charge in [-0.25, -0.2) is 0 Å². The number of halogens is 2. The molecule has 0 aliphatic carbocycles. The molecular weight excluding hydrogens is 347 g/mol. The molecule has 0 radical (unpaired) electrons. The zero-order valence-corrected chi connectivity index (χ0v) is 15.2. The minimum atomic E-state index is -0.213. The number of nitrogens with one attached hydrogen (secondary N) is 1. The molecule has 2 aromatic rings. The van der Waals surface area contributed by atoms with Crippen LogP contribution in [0.2, 0.25) is 10.0 Å². The number of hydrogen-bond acceptors (Lipinski definition) is 3. The third-order valence-electron chi connectivity index (χ3n) is 3.54. The van der Waals surface area contributed by atoms with Crippen LogP contribution in [0.1, 0.15) is 15.9 Å². The van der Waals surface area contributed by atoms with Gasteiger partial charge in [0.25, 0.3) is 5.91 Å². The lowest BCUT2D eigenvalue weighted by Crippen LogP contribution is -2.32. The fourth-order valence-electron chi connectivity index (χ4n) is 2.32. The van der Waals surface area contributed by atoms with Crippen LogP contribution in [-0.4, -0.2) is 38.1 Å². The average Bonchev–Trinajstić information content (AvgIpc) is 2.55. The van der Waals surface area contributed by atoms with Crippen molar-refractivity contribution in [2.45, 2.75) is 6.54 Å². The van der Waals surface area contributed by atoms with Gasteiger partial charge in [0.15, 0.2) is 5.75 Å². The van der Waals surface area contributed by atoms with Crippen LogP contribution in [0, 0.1) is 0 Å². The van der Waals surface area contributed by atoms with E-state index in [0.717, 1.165) is 13.1 Å². The summed E-state index contributed by atoms with van der Waals surface area (Å²) in [5, 5.41) is 3.50. The predicted octanol–water partition coefficient (Wildman–Crippen LogP) is 3.86. The Morgan fingerprint density at radius 1 is 1.17 bits per heavy atom. The first kappa shape index (κ1) is 18.6. The first-order chi connectivity index (χ1) is 11.5. The Balaban J connectivity index is 1.85. The maximum absolute atomic E-state index is 12.2. The SMILES string of the molecule is COc1c(Cl)cc(C(=O)NCCN(C)Cc2ccccc2)cc1Cl. The highest BCUT2D eigenvalue weighted by molar-refractivity contribution is 6.37. The highest BCUT2D eigenvalue weighted by atomic mass is 35.5. The maximum Gasteiger partial charge on any atom is 0.251 e.